The molecule has 1 rings (SSSR count). The Hall–Kier alpha value is -0.800. The van der Waals surface area contributed by atoms with Crippen LogP contribution in [-0.2, 0) is 5.54 Å². The summed E-state index contributed by atoms with van der Waals surface area (Å²) < 4.78 is 18.3. The molecular formula is C10H13ClFNO. The van der Waals surface area contributed by atoms with E-state index in [1.54, 1.807) is 13.8 Å². The van der Waals surface area contributed by atoms with E-state index in [-0.39, 0.29) is 5.75 Å². The maximum absolute atomic E-state index is 13.3. The van der Waals surface area contributed by atoms with E-state index >= 15 is 0 Å². The third-order valence-electron chi connectivity index (χ3n) is 1.91. The Kier molecular flexibility index (Phi) is 3.02. The van der Waals surface area contributed by atoms with E-state index < -0.39 is 11.4 Å². The SMILES string of the molecule is COc1c(F)ccc(Cl)c1C(C)(C)N. The summed E-state index contributed by atoms with van der Waals surface area (Å²) in [5.41, 5.74) is 5.63. The van der Waals surface area contributed by atoms with E-state index in [9.17, 15) is 4.39 Å². The van der Waals surface area contributed by atoms with Crippen LogP contribution in [0.3, 0.4) is 0 Å². The smallest absolute Gasteiger partial charge is 0.165 e. The van der Waals surface area contributed by atoms with Crippen LogP contribution in [0.5, 0.6) is 5.75 Å². The highest BCUT2D eigenvalue weighted by Crippen LogP contribution is 2.36. The second-order valence-electron chi connectivity index (χ2n) is 3.66. The molecule has 2 nitrogen and oxygen atoms in total. The van der Waals surface area contributed by atoms with Crippen molar-refractivity contribution in [3.8, 4) is 5.75 Å². The Morgan fingerprint density at radius 3 is 2.36 bits per heavy atom. The molecule has 4 heteroatoms. The predicted molar refractivity (Wildman–Crippen MR) is 55.2 cm³/mol. The highest BCUT2D eigenvalue weighted by atomic mass is 35.5. The van der Waals surface area contributed by atoms with E-state index in [0.29, 0.717) is 10.6 Å². The number of hydrogen-bond acceptors (Lipinski definition) is 2. The molecule has 0 radical (unpaired) electrons. The third kappa shape index (κ3) is 1.99. The van der Waals surface area contributed by atoms with Gasteiger partial charge in [0.1, 0.15) is 0 Å². The van der Waals surface area contributed by atoms with Crippen molar-refractivity contribution >= 4 is 11.6 Å². The summed E-state index contributed by atoms with van der Waals surface area (Å²) in [6.07, 6.45) is 0. The first-order valence-electron chi connectivity index (χ1n) is 4.19. The molecule has 1 aromatic carbocycles. The molecule has 0 aliphatic heterocycles. The minimum atomic E-state index is -0.732. The monoisotopic (exact) mass is 217 g/mol. The summed E-state index contributed by atoms with van der Waals surface area (Å²) >= 11 is 5.94. The maximum Gasteiger partial charge on any atom is 0.165 e. The van der Waals surface area contributed by atoms with Gasteiger partial charge in [-0.2, -0.15) is 0 Å². The molecule has 0 aliphatic carbocycles. The standard InChI is InChI=1S/C10H13ClFNO/c1-10(2,13)8-6(11)4-5-7(12)9(8)14-3/h4-5H,13H2,1-3H3. The van der Waals surface area contributed by atoms with Crippen molar-refractivity contribution in [2.45, 2.75) is 19.4 Å². The molecule has 0 bridgehead atoms. The van der Waals surface area contributed by atoms with Crippen LogP contribution in [0.2, 0.25) is 5.02 Å². The van der Waals surface area contributed by atoms with Gasteiger partial charge in [0.15, 0.2) is 11.6 Å². The fourth-order valence-corrected chi connectivity index (χ4v) is 1.73. The fraction of sp³-hybridized carbons (Fsp3) is 0.400. The molecule has 0 aliphatic rings. The van der Waals surface area contributed by atoms with Gasteiger partial charge < -0.3 is 10.5 Å². The van der Waals surface area contributed by atoms with Crippen LogP contribution in [0, 0.1) is 5.82 Å². The molecule has 0 amide bonds. The van der Waals surface area contributed by atoms with Gasteiger partial charge in [0.2, 0.25) is 0 Å². The highest BCUT2D eigenvalue weighted by molar-refractivity contribution is 6.31. The molecule has 2 N–H and O–H groups in total. The lowest BCUT2D eigenvalue weighted by molar-refractivity contribution is 0.368. The minimum absolute atomic E-state index is 0.116. The number of nitrogens with two attached hydrogens (primary N) is 1. The Morgan fingerprint density at radius 2 is 2.00 bits per heavy atom. The number of hydrogen-bond donors (Lipinski definition) is 1. The number of rotatable bonds is 2. The van der Waals surface area contributed by atoms with E-state index in [4.69, 9.17) is 22.1 Å². The fourth-order valence-electron chi connectivity index (χ4n) is 1.33. The van der Waals surface area contributed by atoms with Gasteiger partial charge in [0.25, 0.3) is 0 Å². The van der Waals surface area contributed by atoms with Crippen molar-refractivity contribution in [1.82, 2.24) is 0 Å². The van der Waals surface area contributed by atoms with Gasteiger partial charge in [0, 0.05) is 16.1 Å². The molecule has 1 aromatic rings. The molecule has 0 atom stereocenters. The first-order valence-corrected chi connectivity index (χ1v) is 4.57. The van der Waals surface area contributed by atoms with Gasteiger partial charge in [-0.1, -0.05) is 11.6 Å². The molecule has 0 fully saturated rings. The van der Waals surface area contributed by atoms with E-state index in [1.165, 1.54) is 19.2 Å². The Labute approximate surface area is 87.8 Å². The lowest BCUT2D eigenvalue weighted by Crippen LogP contribution is -2.30. The molecule has 0 spiro atoms. The Balaban J connectivity index is 3.46. The topological polar surface area (TPSA) is 35.2 Å². The second kappa shape index (κ2) is 3.75. The molecule has 0 aromatic heterocycles. The molecule has 0 saturated heterocycles. The third-order valence-corrected chi connectivity index (χ3v) is 2.22. The van der Waals surface area contributed by atoms with Crippen LogP contribution in [0.25, 0.3) is 0 Å². The van der Waals surface area contributed by atoms with Crippen LogP contribution in [0.4, 0.5) is 4.39 Å². The van der Waals surface area contributed by atoms with Crippen molar-refractivity contribution in [2.75, 3.05) is 7.11 Å². The maximum atomic E-state index is 13.3. The van der Waals surface area contributed by atoms with Crippen LogP contribution in [0.1, 0.15) is 19.4 Å². The van der Waals surface area contributed by atoms with E-state index in [2.05, 4.69) is 0 Å². The minimum Gasteiger partial charge on any atom is -0.493 e. The Morgan fingerprint density at radius 1 is 1.43 bits per heavy atom. The summed E-state index contributed by atoms with van der Waals surface area (Å²) in [4.78, 5) is 0. The van der Waals surface area contributed by atoms with Gasteiger partial charge in [-0.25, -0.2) is 4.39 Å². The predicted octanol–water partition coefficient (Wildman–Crippen LogP) is 2.68. The first-order chi connectivity index (χ1) is 6.38. The zero-order chi connectivity index (χ0) is 10.9. The normalized spacial score (nSPS) is 11.6. The largest absolute Gasteiger partial charge is 0.493 e. The second-order valence-corrected chi connectivity index (χ2v) is 4.07. The molecule has 0 saturated carbocycles. The van der Waals surface area contributed by atoms with Gasteiger partial charge >= 0.3 is 0 Å². The molecule has 78 valence electrons. The zero-order valence-electron chi connectivity index (χ0n) is 8.40. The van der Waals surface area contributed by atoms with Gasteiger partial charge in [-0.15, -0.1) is 0 Å². The summed E-state index contributed by atoms with van der Waals surface area (Å²) in [5.74, 6) is -0.338. The average molecular weight is 218 g/mol. The average Bonchev–Trinajstić information content (AvgIpc) is 2.06. The van der Waals surface area contributed by atoms with Crippen LogP contribution in [0.15, 0.2) is 12.1 Å². The van der Waals surface area contributed by atoms with Crippen molar-refractivity contribution in [2.24, 2.45) is 5.73 Å². The van der Waals surface area contributed by atoms with Gasteiger partial charge in [0.05, 0.1) is 7.11 Å². The Bertz CT molecular complexity index is 347. The highest BCUT2D eigenvalue weighted by Gasteiger charge is 2.25. The number of benzene rings is 1. The van der Waals surface area contributed by atoms with Crippen LogP contribution in [-0.4, -0.2) is 7.11 Å². The van der Waals surface area contributed by atoms with Crippen molar-refractivity contribution in [3.05, 3.63) is 28.5 Å². The number of methoxy groups -OCH3 is 1. The zero-order valence-corrected chi connectivity index (χ0v) is 9.15. The number of halogens is 2. The molecular weight excluding hydrogens is 205 g/mol. The molecule has 0 unspecified atom stereocenters. The quantitative estimate of drug-likeness (QED) is 0.827. The lowest BCUT2D eigenvalue weighted by Gasteiger charge is -2.23. The molecule has 14 heavy (non-hydrogen) atoms. The first kappa shape index (κ1) is 11.3. The van der Waals surface area contributed by atoms with Crippen molar-refractivity contribution in [3.63, 3.8) is 0 Å². The summed E-state index contributed by atoms with van der Waals surface area (Å²) in [6.45, 7) is 3.49. The summed E-state index contributed by atoms with van der Waals surface area (Å²) in [7, 11) is 1.39. The lowest BCUT2D eigenvalue weighted by atomic mass is 9.94. The van der Waals surface area contributed by atoms with Crippen LogP contribution >= 0.6 is 11.6 Å². The summed E-state index contributed by atoms with van der Waals surface area (Å²) in [5, 5.41) is 0.413. The van der Waals surface area contributed by atoms with Crippen LogP contribution < -0.4 is 10.5 Å². The molecule has 0 heterocycles. The van der Waals surface area contributed by atoms with Gasteiger partial charge in [-0.05, 0) is 26.0 Å². The van der Waals surface area contributed by atoms with E-state index in [1.807, 2.05) is 0 Å². The van der Waals surface area contributed by atoms with Gasteiger partial charge in [-0.3, -0.25) is 0 Å². The summed E-state index contributed by atoms with van der Waals surface area (Å²) in [6, 6.07) is 2.74. The number of ether oxygens (including phenoxy) is 1. The van der Waals surface area contributed by atoms with Crippen molar-refractivity contribution in [1.29, 1.82) is 0 Å². The van der Waals surface area contributed by atoms with E-state index in [0.717, 1.165) is 0 Å². The van der Waals surface area contributed by atoms with Crippen molar-refractivity contribution < 1.29 is 9.13 Å².